The molecule has 0 saturated carbocycles. The van der Waals surface area contributed by atoms with Crippen molar-refractivity contribution in [3.8, 4) is 0 Å². The molecule has 35 heavy (non-hydrogen) atoms. The third-order valence-electron chi connectivity index (χ3n) is 5.86. The van der Waals surface area contributed by atoms with E-state index < -0.39 is 23.6 Å². The lowest BCUT2D eigenvalue weighted by atomic mass is 10.0. The molecule has 0 saturated heterocycles. The minimum absolute atomic E-state index is 0.0490. The maximum absolute atomic E-state index is 13.7. The minimum atomic E-state index is -4.51. The molecular formula is C26H22F4N4O. The Labute approximate surface area is 199 Å². The fourth-order valence-electron chi connectivity index (χ4n) is 3.76. The average Bonchev–Trinajstić information content (AvgIpc) is 2.82. The Morgan fingerprint density at radius 2 is 1.77 bits per heavy atom. The summed E-state index contributed by atoms with van der Waals surface area (Å²) in [6, 6.07) is 14.2. The topological polar surface area (TPSA) is 72.1 Å². The fourth-order valence-corrected chi connectivity index (χ4v) is 3.76. The maximum atomic E-state index is 13.7. The number of anilines is 1. The molecule has 2 heterocycles. The van der Waals surface area contributed by atoms with Crippen LogP contribution in [0.25, 0.3) is 10.9 Å². The van der Waals surface area contributed by atoms with Gasteiger partial charge in [0.1, 0.15) is 11.6 Å². The lowest BCUT2D eigenvalue weighted by Gasteiger charge is -2.30. The lowest BCUT2D eigenvalue weighted by Crippen LogP contribution is -2.33. The Kier molecular flexibility index (Phi) is 6.43. The maximum Gasteiger partial charge on any atom is 0.417 e. The summed E-state index contributed by atoms with van der Waals surface area (Å²) in [5, 5.41) is 0.726. The van der Waals surface area contributed by atoms with Crippen molar-refractivity contribution in [3.05, 3.63) is 101 Å². The van der Waals surface area contributed by atoms with Crippen molar-refractivity contribution in [2.75, 3.05) is 5.73 Å². The highest BCUT2D eigenvalue weighted by Gasteiger charge is 2.31. The van der Waals surface area contributed by atoms with Gasteiger partial charge in [-0.2, -0.15) is 13.2 Å². The molecule has 0 fully saturated rings. The Bertz CT molecular complexity index is 1370. The Hall–Kier alpha value is -4.01. The van der Waals surface area contributed by atoms with Crippen LogP contribution < -0.4 is 5.73 Å². The first kappa shape index (κ1) is 24.1. The molecule has 2 aromatic carbocycles. The van der Waals surface area contributed by atoms with Crippen LogP contribution in [-0.2, 0) is 12.7 Å². The van der Waals surface area contributed by atoms with Crippen LogP contribution in [0.2, 0.25) is 0 Å². The summed E-state index contributed by atoms with van der Waals surface area (Å²) >= 11 is 0. The van der Waals surface area contributed by atoms with Crippen LogP contribution in [0.15, 0.2) is 66.9 Å². The van der Waals surface area contributed by atoms with Crippen LogP contribution in [0.4, 0.5) is 23.4 Å². The molecule has 5 nitrogen and oxygen atoms in total. The summed E-state index contributed by atoms with van der Waals surface area (Å²) in [7, 11) is 0. The predicted octanol–water partition coefficient (Wildman–Crippen LogP) is 6.08. The van der Waals surface area contributed by atoms with Gasteiger partial charge in [-0.15, -0.1) is 0 Å². The highest BCUT2D eigenvalue weighted by Crippen LogP contribution is 2.30. The zero-order valence-electron chi connectivity index (χ0n) is 19.0. The molecule has 9 heteroatoms. The number of fused-ring (bicyclic) bond motifs is 1. The third kappa shape index (κ3) is 5.24. The molecule has 0 spiro atoms. The molecule has 0 radical (unpaired) electrons. The molecule has 4 rings (SSSR count). The quantitative estimate of drug-likeness (QED) is 0.350. The molecule has 1 amide bonds. The van der Waals surface area contributed by atoms with E-state index in [9.17, 15) is 22.4 Å². The van der Waals surface area contributed by atoms with Crippen LogP contribution in [0, 0.1) is 12.7 Å². The molecule has 0 bridgehead atoms. The summed E-state index contributed by atoms with van der Waals surface area (Å²) in [6.07, 6.45) is -3.77. The number of amides is 1. The number of benzene rings is 2. The summed E-state index contributed by atoms with van der Waals surface area (Å²) < 4.78 is 52.3. The van der Waals surface area contributed by atoms with Gasteiger partial charge in [-0.1, -0.05) is 12.1 Å². The minimum Gasteiger partial charge on any atom is -0.383 e. The van der Waals surface area contributed by atoms with Gasteiger partial charge in [0.05, 0.1) is 29.4 Å². The van der Waals surface area contributed by atoms with Gasteiger partial charge in [-0.3, -0.25) is 9.78 Å². The van der Waals surface area contributed by atoms with Crippen molar-refractivity contribution in [1.82, 2.24) is 14.9 Å². The monoisotopic (exact) mass is 482 g/mol. The van der Waals surface area contributed by atoms with Gasteiger partial charge >= 0.3 is 6.18 Å². The van der Waals surface area contributed by atoms with Gasteiger partial charge in [0.25, 0.3) is 5.91 Å². The number of carbonyl (C=O) groups excluding carboxylic acids is 1. The van der Waals surface area contributed by atoms with Crippen molar-refractivity contribution in [2.24, 2.45) is 0 Å². The number of rotatable bonds is 5. The summed E-state index contributed by atoms with van der Waals surface area (Å²) in [5.74, 6) is -0.378. The number of pyridine rings is 2. The van der Waals surface area contributed by atoms with E-state index in [1.54, 1.807) is 37.3 Å². The molecule has 0 aliphatic rings. The van der Waals surface area contributed by atoms with E-state index in [2.05, 4.69) is 9.97 Å². The standard InChI is InChI=1S/C26H22F4N4O/c1-15-11-19-12-18(5-10-23(19)33-24(15)31)25(35)34(16(2)17-3-7-21(27)8-4-17)14-22-9-6-20(13-32-22)26(28,29)30/h3-13,16H,14H2,1-2H3,(H2,31,33)/t16-/m1/s1. The number of nitrogen functional groups attached to an aromatic ring is 1. The number of halogens is 4. The first-order chi connectivity index (χ1) is 16.5. The number of alkyl halides is 3. The van der Waals surface area contributed by atoms with Gasteiger partial charge < -0.3 is 10.6 Å². The second-order valence-electron chi connectivity index (χ2n) is 8.29. The first-order valence-electron chi connectivity index (χ1n) is 10.8. The normalized spacial score (nSPS) is 12.5. The number of carbonyl (C=O) groups is 1. The number of nitrogens with zero attached hydrogens (tertiary/aromatic N) is 3. The molecule has 0 unspecified atom stereocenters. The van der Waals surface area contributed by atoms with E-state index in [1.165, 1.54) is 23.1 Å². The molecule has 4 aromatic rings. The van der Waals surface area contributed by atoms with Crippen molar-refractivity contribution < 1.29 is 22.4 Å². The SMILES string of the molecule is Cc1cc2cc(C(=O)N(Cc3ccc(C(F)(F)F)cn3)[C@H](C)c3ccc(F)cc3)ccc2nc1N. The number of aryl methyl sites for hydroxylation is 1. The van der Waals surface area contributed by atoms with Crippen molar-refractivity contribution in [2.45, 2.75) is 32.6 Å². The molecule has 2 N–H and O–H groups in total. The highest BCUT2D eigenvalue weighted by molar-refractivity contribution is 5.98. The van der Waals surface area contributed by atoms with E-state index in [0.717, 1.165) is 23.2 Å². The Morgan fingerprint density at radius 1 is 1.06 bits per heavy atom. The van der Waals surface area contributed by atoms with Crippen LogP contribution in [-0.4, -0.2) is 20.8 Å². The lowest BCUT2D eigenvalue weighted by molar-refractivity contribution is -0.137. The average molecular weight is 482 g/mol. The summed E-state index contributed by atoms with van der Waals surface area (Å²) in [6.45, 7) is 3.53. The van der Waals surface area contributed by atoms with Crippen molar-refractivity contribution in [3.63, 3.8) is 0 Å². The molecule has 1 atom stereocenters. The van der Waals surface area contributed by atoms with E-state index in [0.29, 0.717) is 22.5 Å². The predicted molar refractivity (Wildman–Crippen MR) is 125 cm³/mol. The molecule has 0 aliphatic heterocycles. The van der Waals surface area contributed by atoms with E-state index in [1.807, 2.05) is 13.0 Å². The second-order valence-corrected chi connectivity index (χ2v) is 8.29. The summed E-state index contributed by atoms with van der Waals surface area (Å²) in [4.78, 5) is 23.4. The van der Waals surface area contributed by atoms with Crippen LogP contribution in [0.3, 0.4) is 0 Å². The third-order valence-corrected chi connectivity index (χ3v) is 5.86. The molecular weight excluding hydrogens is 460 g/mol. The zero-order chi connectivity index (χ0) is 25.3. The summed E-state index contributed by atoms with van der Waals surface area (Å²) in [5.41, 5.74) is 7.72. The number of hydrogen-bond donors (Lipinski definition) is 1. The molecule has 180 valence electrons. The smallest absolute Gasteiger partial charge is 0.383 e. The number of hydrogen-bond acceptors (Lipinski definition) is 4. The number of aromatic nitrogens is 2. The van der Waals surface area contributed by atoms with Crippen LogP contribution >= 0.6 is 0 Å². The van der Waals surface area contributed by atoms with Crippen molar-refractivity contribution in [1.29, 1.82) is 0 Å². The van der Waals surface area contributed by atoms with Gasteiger partial charge in [-0.05, 0) is 73.5 Å². The molecule has 0 aliphatic carbocycles. The van der Waals surface area contributed by atoms with Crippen LogP contribution in [0.5, 0.6) is 0 Å². The fraction of sp³-hybridized carbons (Fsp3) is 0.192. The van der Waals surface area contributed by atoms with Gasteiger partial charge in [0.2, 0.25) is 0 Å². The van der Waals surface area contributed by atoms with Gasteiger partial charge in [0.15, 0.2) is 0 Å². The largest absolute Gasteiger partial charge is 0.417 e. The zero-order valence-corrected chi connectivity index (χ0v) is 19.0. The van der Waals surface area contributed by atoms with Gasteiger partial charge in [-0.25, -0.2) is 9.37 Å². The second kappa shape index (κ2) is 9.32. The van der Waals surface area contributed by atoms with E-state index >= 15 is 0 Å². The Balaban J connectivity index is 1.71. The number of nitrogens with two attached hydrogens (primary N) is 1. The van der Waals surface area contributed by atoms with Crippen molar-refractivity contribution >= 4 is 22.6 Å². The van der Waals surface area contributed by atoms with Crippen LogP contribution in [0.1, 0.15) is 45.7 Å². The molecule has 2 aromatic heterocycles. The van der Waals surface area contributed by atoms with E-state index in [4.69, 9.17) is 5.73 Å². The highest BCUT2D eigenvalue weighted by atomic mass is 19.4. The first-order valence-corrected chi connectivity index (χ1v) is 10.8. The van der Waals surface area contributed by atoms with Gasteiger partial charge in [0, 0.05) is 17.1 Å². The Morgan fingerprint density at radius 3 is 2.40 bits per heavy atom. The van der Waals surface area contributed by atoms with E-state index in [-0.39, 0.29) is 18.1 Å².